The van der Waals surface area contributed by atoms with Crippen LogP contribution in [0, 0.1) is 5.41 Å². The monoisotopic (exact) mass is 248 g/mol. The molecule has 1 saturated heterocycles. The van der Waals surface area contributed by atoms with Crippen LogP contribution in [0.5, 0.6) is 0 Å². The molecule has 0 aromatic heterocycles. The zero-order valence-electron chi connectivity index (χ0n) is 11.2. The van der Waals surface area contributed by atoms with Gasteiger partial charge in [-0.25, -0.2) is 0 Å². The van der Waals surface area contributed by atoms with Crippen LogP contribution in [0.25, 0.3) is 0 Å². The first kappa shape index (κ1) is 13.1. The Balaban J connectivity index is 2.41. The van der Waals surface area contributed by atoms with Crippen molar-refractivity contribution in [1.82, 2.24) is 0 Å². The first-order valence-electron chi connectivity index (χ1n) is 6.34. The van der Waals surface area contributed by atoms with Crippen molar-refractivity contribution in [3.63, 3.8) is 0 Å². The lowest BCUT2D eigenvalue weighted by molar-refractivity contribution is -0.171. The molecule has 18 heavy (non-hydrogen) atoms. The van der Waals surface area contributed by atoms with Gasteiger partial charge in [-0.15, -0.1) is 0 Å². The van der Waals surface area contributed by atoms with Crippen molar-refractivity contribution in [3.05, 3.63) is 35.4 Å². The van der Waals surface area contributed by atoms with Crippen molar-refractivity contribution in [2.24, 2.45) is 5.41 Å². The van der Waals surface area contributed by atoms with Gasteiger partial charge in [-0.05, 0) is 31.4 Å². The third kappa shape index (κ3) is 1.74. The molecule has 0 spiro atoms. The average Bonchev–Trinajstić information content (AvgIpc) is 2.28. The van der Waals surface area contributed by atoms with E-state index in [9.17, 15) is 9.90 Å². The maximum absolute atomic E-state index is 11.5. The molecule has 2 rings (SSSR count). The van der Waals surface area contributed by atoms with Crippen LogP contribution in [0.15, 0.2) is 24.3 Å². The third-order valence-corrected chi connectivity index (χ3v) is 4.34. The summed E-state index contributed by atoms with van der Waals surface area (Å²) in [5.74, 6) is -0.773. The van der Waals surface area contributed by atoms with Crippen LogP contribution in [0.3, 0.4) is 0 Å². The van der Waals surface area contributed by atoms with E-state index >= 15 is 0 Å². The number of rotatable bonds is 4. The van der Waals surface area contributed by atoms with Gasteiger partial charge in [0.1, 0.15) is 0 Å². The van der Waals surface area contributed by atoms with Gasteiger partial charge >= 0.3 is 5.97 Å². The summed E-state index contributed by atoms with van der Waals surface area (Å²) < 4.78 is 5.32. The van der Waals surface area contributed by atoms with Gasteiger partial charge in [0.25, 0.3) is 0 Å². The molecule has 0 amide bonds. The summed E-state index contributed by atoms with van der Waals surface area (Å²) in [4.78, 5) is 11.5. The lowest BCUT2D eigenvalue weighted by Gasteiger charge is -2.50. The van der Waals surface area contributed by atoms with Gasteiger partial charge in [0.15, 0.2) is 0 Å². The Morgan fingerprint density at radius 1 is 1.33 bits per heavy atom. The van der Waals surface area contributed by atoms with Gasteiger partial charge in [0, 0.05) is 0 Å². The highest BCUT2D eigenvalue weighted by Gasteiger charge is 2.56. The molecule has 98 valence electrons. The van der Waals surface area contributed by atoms with E-state index in [4.69, 9.17) is 4.74 Å². The summed E-state index contributed by atoms with van der Waals surface area (Å²) in [5.41, 5.74) is 1.12. The fourth-order valence-electron chi connectivity index (χ4n) is 2.46. The highest BCUT2D eigenvalue weighted by Crippen LogP contribution is 2.47. The molecule has 1 heterocycles. The maximum atomic E-state index is 11.5. The first-order chi connectivity index (χ1) is 8.44. The molecular formula is C15H20O3. The number of aliphatic carboxylic acids is 1. The molecular weight excluding hydrogens is 228 g/mol. The highest BCUT2D eigenvalue weighted by atomic mass is 16.5. The summed E-state index contributed by atoms with van der Waals surface area (Å²) in [6.07, 6.45) is 0.992. The third-order valence-electron chi connectivity index (χ3n) is 4.34. The van der Waals surface area contributed by atoms with E-state index in [1.807, 2.05) is 12.1 Å². The topological polar surface area (TPSA) is 46.5 Å². The predicted molar refractivity (Wildman–Crippen MR) is 69.7 cm³/mol. The summed E-state index contributed by atoms with van der Waals surface area (Å²) in [6, 6.07) is 8.25. The van der Waals surface area contributed by atoms with Crippen molar-refractivity contribution in [2.45, 2.75) is 32.6 Å². The second-order valence-electron chi connectivity index (χ2n) is 5.56. The van der Waals surface area contributed by atoms with Crippen LogP contribution in [0.4, 0.5) is 0 Å². The van der Waals surface area contributed by atoms with Crippen LogP contribution in [0.2, 0.25) is 0 Å². The normalized spacial score (nSPS) is 18.2. The lowest BCUT2D eigenvalue weighted by atomic mass is 9.60. The number of carbonyl (C=O) groups is 1. The molecule has 3 heteroatoms. The molecule has 0 saturated carbocycles. The molecule has 1 N–H and O–H groups in total. The SMILES string of the molecule is CCc1ccc(C2(C(C)(C)C(=O)O)COC2)cc1. The number of hydrogen-bond acceptors (Lipinski definition) is 2. The van der Waals surface area contributed by atoms with Crippen LogP contribution in [-0.2, 0) is 21.4 Å². The van der Waals surface area contributed by atoms with Gasteiger partial charge in [-0.3, -0.25) is 4.79 Å². The van der Waals surface area contributed by atoms with Gasteiger partial charge in [-0.1, -0.05) is 31.2 Å². The Bertz CT molecular complexity index is 441. The van der Waals surface area contributed by atoms with E-state index in [-0.39, 0.29) is 0 Å². The van der Waals surface area contributed by atoms with Crippen molar-refractivity contribution in [1.29, 1.82) is 0 Å². The number of benzene rings is 1. The summed E-state index contributed by atoms with van der Waals surface area (Å²) in [5, 5.41) is 9.45. The molecule has 0 aliphatic carbocycles. The fraction of sp³-hybridized carbons (Fsp3) is 0.533. The van der Waals surface area contributed by atoms with Gasteiger partial charge in [0.2, 0.25) is 0 Å². The Morgan fingerprint density at radius 3 is 2.22 bits per heavy atom. The van der Waals surface area contributed by atoms with Gasteiger partial charge in [0.05, 0.1) is 24.0 Å². The van der Waals surface area contributed by atoms with Crippen molar-refractivity contribution in [3.8, 4) is 0 Å². The number of carboxylic acids is 1. The molecule has 0 unspecified atom stereocenters. The molecule has 1 fully saturated rings. The number of hydrogen-bond donors (Lipinski definition) is 1. The van der Waals surface area contributed by atoms with E-state index in [1.54, 1.807) is 13.8 Å². The molecule has 0 atom stereocenters. The minimum absolute atomic E-state index is 0.398. The Morgan fingerprint density at radius 2 is 1.89 bits per heavy atom. The smallest absolute Gasteiger partial charge is 0.310 e. The van der Waals surface area contributed by atoms with E-state index < -0.39 is 16.8 Å². The Kier molecular flexibility index (Phi) is 3.20. The van der Waals surface area contributed by atoms with E-state index in [1.165, 1.54) is 5.56 Å². The van der Waals surface area contributed by atoms with Gasteiger partial charge < -0.3 is 9.84 Å². The molecule has 1 aliphatic heterocycles. The van der Waals surface area contributed by atoms with Crippen LogP contribution < -0.4 is 0 Å². The van der Waals surface area contributed by atoms with Crippen molar-refractivity contribution in [2.75, 3.05) is 13.2 Å². The minimum Gasteiger partial charge on any atom is -0.481 e. The van der Waals surface area contributed by atoms with Crippen molar-refractivity contribution >= 4 is 5.97 Å². The van der Waals surface area contributed by atoms with Crippen LogP contribution >= 0.6 is 0 Å². The van der Waals surface area contributed by atoms with E-state index in [0.29, 0.717) is 13.2 Å². The standard InChI is InChI=1S/C15H20O3/c1-4-11-5-7-12(8-6-11)15(9-18-10-15)14(2,3)13(16)17/h5-8H,4,9-10H2,1-3H3,(H,16,17). The number of carboxylic acid groups (broad SMARTS) is 1. The zero-order valence-corrected chi connectivity index (χ0v) is 11.2. The molecule has 1 aliphatic rings. The quantitative estimate of drug-likeness (QED) is 0.891. The summed E-state index contributed by atoms with van der Waals surface area (Å²) in [6.45, 7) is 6.64. The number of aryl methyl sites for hydroxylation is 1. The molecule has 0 radical (unpaired) electrons. The first-order valence-corrected chi connectivity index (χ1v) is 6.34. The predicted octanol–water partition coefficient (Wildman–Crippen LogP) is 2.63. The van der Waals surface area contributed by atoms with Crippen LogP contribution in [0.1, 0.15) is 31.9 Å². The van der Waals surface area contributed by atoms with Gasteiger partial charge in [-0.2, -0.15) is 0 Å². The second-order valence-corrected chi connectivity index (χ2v) is 5.56. The number of ether oxygens (including phenoxy) is 1. The van der Waals surface area contributed by atoms with Crippen molar-refractivity contribution < 1.29 is 14.6 Å². The molecule has 1 aromatic rings. The maximum Gasteiger partial charge on any atom is 0.310 e. The fourth-order valence-corrected chi connectivity index (χ4v) is 2.46. The molecule has 0 bridgehead atoms. The minimum atomic E-state index is -0.820. The molecule has 1 aromatic carbocycles. The molecule has 3 nitrogen and oxygen atoms in total. The lowest BCUT2D eigenvalue weighted by Crippen LogP contribution is -2.59. The summed E-state index contributed by atoms with van der Waals surface area (Å²) in [7, 11) is 0. The highest BCUT2D eigenvalue weighted by molar-refractivity contribution is 5.76. The van der Waals surface area contributed by atoms with E-state index in [2.05, 4.69) is 19.1 Å². The Labute approximate surface area is 108 Å². The largest absolute Gasteiger partial charge is 0.481 e. The average molecular weight is 248 g/mol. The van der Waals surface area contributed by atoms with E-state index in [0.717, 1.165) is 12.0 Å². The second kappa shape index (κ2) is 4.39. The van der Waals surface area contributed by atoms with Crippen LogP contribution in [-0.4, -0.2) is 24.3 Å². The summed E-state index contributed by atoms with van der Waals surface area (Å²) >= 11 is 0. The Hall–Kier alpha value is -1.35. The zero-order chi connectivity index (χ0) is 13.4.